The molecular formula is C13H16ClNO2. The smallest absolute Gasteiger partial charge is 0.323 e. The lowest BCUT2D eigenvalue weighted by Crippen LogP contribution is -2.50. The number of alkyl halides is 1. The third-order valence-corrected chi connectivity index (χ3v) is 3.15. The summed E-state index contributed by atoms with van der Waals surface area (Å²) in [6, 6.07) is 9.80. The molecule has 0 radical (unpaired) electrons. The molecule has 0 spiro atoms. The molecule has 92 valence electrons. The van der Waals surface area contributed by atoms with Crippen molar-refractivity contribution < 1.29 is 9.53 Å². The summed E-state index contributed by atoms with van der Waals surface area (Å²) in [7, 11) is 0. The van der Waals surface area contributed by atoms with Crippen LogP contribution in [-0.4, -0.2) is 42.5 Å². The van der Waals surface area contributed by atoms with Gasteiger partial charge in [0.2, 0.25) is 0 Å². The highest BCUT2D eigenvalue weighted by Gasteiger charge is 2.30. The monoisotopic (exact) mass is 253 g/mol. The molecule has 1 aliphatic heterocycles. The van der Waals surface area contributed by atoms with Crippen LogP contribution in [0.4, 0.5) is 0 Å². The maximum Gasteiger partial charge on any atom is 0.323 e. The van der Waals surface area contributed by atoms with E-state index in [1.54, 1.807) is 0 Å². The number of carbonyl (C=O) groups is 1. The number of hydrogen-bond donors (Lipinski definition) is 0. The lowest BCUT2D eigenvalue weighted by atomic mass is 10.0. The molecule has 0 saturated carbocycles. The van der Waals surface area contributed by atoms with Gasteiger partial charge in [-0.05, 0) is 12.0 Å². The molecule has 4 heteroatoms. The Hall–Kier alpha value is -1.06. The number of ether oxygens (including phenoxy) is 1. The van der Waals surface area contributed by atoms with Gasteiger partial charge in [0.15, 0.2) is 0 Å². The zero-order chi connectivity index (χ0) is 12.1. The van der Waals surface area contributed by atoms with Gasteiger partial charge in [-0.2, -0.15) is 0 Å². The molecule has 1 aromatic rings. The quantitative estimate of drug-likeness (QED) is 0.604. The van der Waals surface area contributed by atoms with Crippen LogP contribution in [0.3, 0.4) is 0 Å². The second-order valence-corrected chi connectivity index (χ2v) is 4.48. The molecule has 0 bridgehead atoms. The minimum atomic E-state index is -0.190. The number of carbonyl (C=O) groups excluding carboxylic acids is 1. The molecule has 1 aromatic carbocycles. The fourth-order valence-electron chi connectivity index (χ4n) is 2.09. The van der Waals surface area contributed by atoms with Crippen molar-refractivity contribution in [3.63, 3.8) is 0 Å². The Balaban J connectivity index is 2.07. The van der Waals surface area contributed by atoms with Crippen molar-refractivity contribution in [2.75, 3.05) is 25.6 Å². The molecular weight excluding hydrogens is 238 g/mol. The van der Waals surface area contributed by atoms with Crippen molar-refractivity contribution in [2.45, 2.75) is 12.5 Å². The molecule has 2 rings (SSSR count). The number of benzene rings is 1. The van der Waals surface area contributed by atoms with Crippen LogP contribution in [0.15, 0.2) is 30.3 Å². The minimum absolute atomic E-state index is 0.134. The van der Waals surface area contributed by atoms with Gasteiger partial charge in [-0.1, -0.05) is 30.3 Å². The van der Waals surface area contributed by atoms with Gasteiger partial charge in [0.1, 0.15) is 12.6 Å². The highest BCUT2D eigenvalue weighted by molar-refractivity contribution is 6.18. The molecule has 1 heterocycles. The molecule has 1 atom stereocenters. The average molecular weight is 254 g/mol. The number of morpholine rings is 1. The Labute approximate surface area is 106 Å². The van der Waals surface area contributed by atoms with Crippen LogP contribution in [0.5, 0.6) is 0 Å². The summed E-state index contributed by atoms with van der Waals surface area (Å²) >= 11 is 5.76. The van der Waals surface area contributed by atoms with Crippen LogP contribution >= 0.6 is 11.6 Å². The number of esters is 1. The van der Waals surface area contributed by atoms with E-state index < -0.39 is 0 Å². The molecule has 1 saturated heterocycles. The van der Waals surface area contributed by atoms with Gasteiger partial charge >= 0.3 is 5.97 Å². The fraction of sp³-hybridized carbons (Fsp3) is 0.462. The second kappa shape index (κ2) is 6.03. The highest BCUT2D eigenvalue weighted by atomic mass is 35.5. The Bertz CT molecular complexity index is 367. The van der Waals surface area contributed by atoms with Crippen LogP contribution in [0, 0.1) is 0 Å². The summed E-state index contributed by atoms with van der Waals surface area (Å²) < 4.78 is 5.12. The van der Waals surface area contributed by atoms with Crippen molar-refractivity contribution in [3.05, 3.63) is 35.9 Å². The zero-order valence-corrected chi connectivity index (χ0v) is 10.4. The first kappa shape index (κ1) is 12.4. The molecule has 17 heavy (non-hydrogen) atoms. The number of hydrogen-bond acceptors (Lipinski definition) is 3. The van der Waals surface area contributed by atoms with E-state index in [1.165, 1.54) is 0 Å². The lowest BCUT2D eigenvalue weighted by molar-refractivity contribution is -0.157. The van der Waals surface area contributed by atoms with E-state index in [0.717, 1.165) is 18.7 Å². The van der Waals surface area contributed by atoms with Gasteiger partial charge in [-0.3, -0.25) is 9.69 Å². The van der Waals surface area contributed by atoms with Crippen LogP contribution < -0.4 is 0 Å². The van der Waals surface area contributed by atoms with E-state index in [2.05, 4.69) is 4.90 Å². The van der Waals surface area contributed by atoms with Crippen LogP contribution in [0.25, 0.3) is 0 Å². The largest absolute Gasteiger partial charge is 0.463 e. The van der Waals surface area contributed by atoms with E-state index in [-0.39, 0.29) is 12.0 Å². The highest BCUT2D eigenvalue weighted by Crippen LogP contribution is 2.14. The van der Waals surface area contributed by atoms with Gasteiger partial charge in [-0.15, -0.1) is 11.6 Å². The minimum Gasteiger partial charge on any atom is -0.463 e. The topological polar surface area (TPSA) is 29.5 Å². The Morgan fingerprint density at radius 3 is 2.82 bits per heavy atom. The van der Waals surface area contributed by atoms with Crippen LogP contribution in [0.2, 0.25) is 0 Å². The van der Waals surface area contributed by atoms with Crippen molar-refractivity contribution in [1.29, 1.82) is 0 Å². The van der Waals surface area contributed by atoms with Gasteiger partial charge < -0.3 is 4.74 Å². The number of cyclic esters (lactones) is 1. The van der Waals surface area contributed by atoms with Crippen LogP contribution in [0.1, 0.15) is 5.56 Å². The standard InChI is InChI=1S/C13H16ClNO2/c14-6-7-15-8-9-17-13(16)12(15)10-11-4-2-1-3-5-11/h1-5,12H,6-10H2/t12-/m1/s1. The molecule has 0 amide bonds. The summed E-state index contributed by atoms with van der Waals surface area (Å²) in [5.41, 5.74) is 1.15. The van der Waals surface area contributed by atoms with Crippen molar-refractivity contribution in [3.8, 4) is 0 Å². The third-order valence-electron chi connectivity index (χ3n) is 2.98. The average Bonchev–Trinajstić information content (AvgIpc) is 2.35. The first-order valence-corrected chi connectivity index (χ1v) is 6.35. The SMILES string of the molecule is O=C1OCCN(CCCl)[C@@H]1Cc1ccccc1. The first-order chi connectivity index (χ1) is 8.31. The predicted octanol–water partition coefficient (Wildman–Crippen LogP) is 1.70. The summed E-state index contributed by atoms with van der Waals surface area (Å²) in [6.07, 6.45) is 0.691. The molecule has 3 nitrogen and oxygen atoms in total. The Morgan fingerprint density at radius 1 is 1.35 bits per heavy atom. The molecule has 0 aromatic heterocycles. The van der Waals surface area contributed by atoms with Gasteiger partial charge in [0.05, 0.1) is 0 Å². The molecule has 1 aliphatic rings. The van der Waals surface area contributed by atoms with Gasteiger partial charge in [0.25, 0.3) is 0 Å². The van der Waals surface area contributed by atoms with E-state index in [9.17, 15) is 4.79 Å². The molecule has 1 fully saturated rings. The zero-order valence-electron chi connectivity index (χ0n) is 9.64. The van der Waals surface area contributed by atoms with Crippen molar-refractivity contribution >= 4 is 17.6 Å². The summed E-state index contributed by atoms with van der Waals surface area (Å²) in [5, 5.41) is 0. The summed E-state index contributed by atoms with van der Waals surface area (Å²) in [5.74, 6) is 0.406. The lowest BCUT2D eigenvalue weighted by Gasteiger charge is -2.33. The normalized spacial score (nSPS) is 21.2. The fourth-order valence-corrected chi connectivity index (χ4v) is 2.31. The molecule has 0 N–H and O–H groups in total. The van der Waals surface area contributed by atoms with Crippen molar-refractivity contribution in [1.82, 2.24) is 4.90 Å². The number of halogens is 1. The van der Waals surface area contributed by atoms with Crippen LogP contribution in [-0.2, 0) is 16.0 Å². The number of nitrogens with zero attached hydrogens (tertiary/aromatic N) is 1. The van der Waals surface area contributed by atoms with Crippen molar-refractivity contribution in [2.24, 2.45) is 0 Å². The summed E-state index contributed by atoms with van der Waals surface area (Å²) in [4.78, 5) is 13.9. The predicted molar refractivity (Wildman–Crippen MR) is 67.2 cm³/mol. The molecule has 0 unspecified atom stereocenters. The van der Waals surface area contributed by atoms with E-state index >= 15 is 0 Å². The number of rotatable bonds is 4. The van der Waals surface area contributed by atoms with Gasteiger partial charge in [-0.25, -0.2) is 0 Å². The van der Waals surface area contributed by atoms with E-state index in [1.807, 2.05) is 30.3 Å². The maximum absolute atomic E-state index is 11.8. The first-order valence-electron chi connectivity index (χ1n) is 5.82. The third kappa shape index (κ3) is 3.20. The summed E-state index contributed by atoms with van der Waals surface area (Å²) in [6.45, 7) is 1.98. The van der Waals surface area contributed by atoms with E-state index in [0.29, 0.717) is 18.9 Å². The Kier molecular flexibility index (Phi) is 4.40. The molecule has 0 aliphatic carbocycles. The Morgan fingerprint density at radius 2 is 2.12 bits per heavy atom. The van der Waals surface area contributed by atoms with Gasteiger partial charge in [0, 0.05) is 19.0 Å². The second-order valence-electron chi connectivity index (χ2n) is 4.10. The van der Waals surface area contributed by atoms with E-state index in [4.69, 9.17) is 16.3 Å². The maximum atomic E-state index is 11.8.